The fourth-order valence-electron chi connectivity index (χ4n) is 1.42. The van der Waals surface area contributed by atoms with Gasteiger partial charge in [0.05, 0.1) is 12.2 Å². The number of halogens is 1. The summed E-state index contributed by atoms with van der Waals surface area (Å²) >= 11 is 4.19. The predicted molar refractivity (Wildman–Crippen MR) is 77.5 cm³/mol. The van der Waals surface area contributed by atoms with Crippen molar-refractivity contribution in [3.63, 3.8) is 0 Å². The normalized spacial score (nSPS) is 11.6. The minimum absolute atomic E-state index is 0.00766. The van der Waals surface area contributed by atoms with Crippen LogP contribution in [0.25, 0.3) is 0 Å². The van der Waals surface area contributed by atoms with Gasteiger partial charge in [-0.25, -0.2) is 13.1 Å². The van der Waals surface area contributed by atoms with Gasteiger partial charge >= 0.3 is 4.87 Å². The van der Waals surface area contributed by atoms with Gasteiger partial charge in [-0.3, -0.25) is 4.79 Å². The quantitative estimate of drug-likeness (QED) is 0.711. The molecule has 0 aliphatic rings. The first-order valence-corrected chi connectivity index (χ1v) is 8.25. The van der Waals surface area contributed by atoms with Crippen LogP contribution in [0.2, 0.25) is 0 Å². The molecule has 102 valence electrons. The largest absolute Gasteiger partial charge is 0.398 e. The van der Waals surface area contributed by atoms with Crippen LogP contribution < -0.4 is 15.3 Å². The lowest BCUT2D eigenvalue weighted by atomic mass is 10.3. The van der Waals surface area contributed by atoms with E-state index in [2.05, 4.69) is 25.6 Å². The third-order valence-corrected chi connectivity index (χ3v) is 4.97. The Balaban J connectivity index is 2.20. The zero-order valence-corrected chi connectivity index (χ0v) is 12.7. The summed E-state index contributed by atoms with van der Waals surface area (Å²) in [5.41, 5.74) is 6.34. The summed E-state index contributed by atoms with van der Waals surface area (Å²) in [6.45, 7) is 0.0105. The Hall–Kier alpha value is -1.16. The summed E-state index contributed by atoms with van der Waals surface area (Å²) in [6, 6.07) is 4.52. The predicted octanol–water partition coefficient (Wildman–Crippen LogP) is 1.26. The number of hydrogen-bond donors (Lipinski definition) is 3. The van der Waals surface area contributed by atoms with E-state index in [1.54, 1.807) is 11.4 Å². The van der Waals surface area contributed by atoms with Crippen LogP contribution >= 0.6 is 27.3 Å². The summed E-state index contributed by atoms with van der Waals surface area (Å²) in [5, 5.41) is 1.57. The lowest BCUT2D eigenvalue weighted by Gasteiger charge is -2.08. The van der Waals surface area contributed by atoms with E-state index in [1.165, 1.54) is 12.1 Å². The van der Waals surface area contributed by atoms with E-state index in [-0.39, 0.29) is 22.0 Å². The number of aromatic nitrogens is 1. The molecule has 4 N–H and O–H groups in total. The Labute approximate surface area is 121 Å². The van der Waals surface area contributed by atoms with Crippen molar-refractivity contribution in [2.45, 2.75) is 11.4 Å². The Bertz CT molecular complexity index is 751. The van der Waals surface area contributed by atoms with Crippen molar-refractivity contribution < 1.29 is 8.42 Å². The van der Waals surface area contributed by atoms with Gasteiger partial charge in [0.25, 0.3) is 0 Å². The highest BCUT2D eigenvalue weighted by atomic mass is 79.9. The monoisotopic (exact) mass is 363 g/mol. The van der Waals surface area contributed by atoms with Gasteiger partial charge in [0, 0.05) is 15.5 Å². The van der Waals surface area contributed by atoms with Gasteiger partial charge < -0.3 is 10.7 Å². The fourth-order valence-corrected chi connectivity index (χ4v) is 3.49. The van der Waals surface area contributed by atoms with Crippen LogP contribution in [0, 0.1) is 0 Å². The maximum atomic E-state index is 12.0. The zero-order valence-electron chi connectivity index (χ0n) is 9.51. The molecule has 6 nitrogen and oxygen atoms in total. The molecule has 0 saturated carbocycles. The van der Waals surface area contributed by atoms with Crippen molar-refractivity contribution in [3.8, 4) is 0 Å². The van der Waals surface area contributed by atoms with Crippen molar-refractivity contribution in [2.24, 2.45) is 0 Å². The average Bonchev–Trinajstić information content (AvgIpc) is 2.72. The first-order chi connectivity index (χ1) is 8.88. The molecule has 9 heteroatoms. The molecule has 2 aromatic rings. The molecule has 1 aromatic carbocycles. The molecule has 0 saturated heterocycles. The molecule has 19 heavy (non-hydrogen) atoms. The number of nitrogens with one attached hydrogen (secondary N) is 2. The van der Waals surface area contributed by atoms with E-state index in [0.29, 0.717) is 10.2 Å². The average molecular weight is 364 g/mol. The van der Waals surface area contributed by atoms with Gasteiger partial charge in [-0.15, -0.1) is 0 Å². The lowest BCUT2D eigenvalue weighted by molar-refractivity contribution is 0.581. The topological polar surface area (TPSA) is 105 Å². The number of nitrogens with two attached hydrogens (primary N) is 1. The number of rotatable bonds is 4. The summed E-state index contributed by atoms with van der Waals surface area (Å²) < 4.78 is 27.2. The van der Waals surface area contributed by atoms with E-state index in [4.69, 9.17) is 5.73 Å². The van der Waals surface area contributed by atoms with Crippen molar-refractivity contribution in [2.75, 3.05) is 5.73 Å². The molecule has 0 amide bonds. The SMILES string of the molecule is Nc1cc(Br)ccc1S(=O)(=O)NCc1csc(=O)[nH]1. The summed E-state index contributed by atoms with van der Waals surface area (Å²) in [7, 11) is -3.71. The molecular formula is C10H10BrN3O3S2. The number of thiazole rings is 1. The number of H-pyrrole nitrogens is 1. The zero-order chi connectivity index (χ0) is 14.0. The molecule has 2 rings (SSSR count). The molecule has 0 radical (unpaired) electrons. The maximum Gasteiger partial charge on any atom is 0.304 e. The number of anilines is 1. The molecule has 0 fully saturated rings. The smallest absolute Gasteiger partial charge is 0.304 e. The number of benzene rings is 1. The van der Waals surface area contributed by atoms with Crippen molar-refractivity contribution >= 4 is 43.0 Å². The highest BCUT2D eigenvalue weighted by Crippen LogP contribution is 2.22. The number of aromatic amines is 1. The van der Waals surface area contributed by atoms with Gasteiger partial charge in [0.1, 0.15) is 4.90 Å². The number of hydrogen-bond acceptors (Lipinski definition) is 5. The maximum absolute atomic E-state index is 12.0. The van der Waals surface area contributed by atoms with Crippen LogP contribution in [-0.2, 0) is 16.6 Å². The second-order valence-corrected chi connectivity index (χ2v) is 7.17. The fraction of sp³-hybridized carbons (Fsp3) is 0.100. The van der Waals surface area contributed by atoms with Crippen LogP contribution in [0.4, 0.5) is 5.69 Å². The van der Waals surface area contributed by atoms with E-state index in [9.17, 15) is 13.2 Å². The third kappa shape index (κ3) is 3.44. The Kier molecular flexibility index (Phi) is 4.09. The van der Waals surface area contributed by atoms with E-state index in [1.807, 2.05) is 0 Å². The van der Waals surface area contributed by atoms with Gasteiger partial charge in [-0.1, -0.05) is 27.3 Å². The first kappa shape index (κ1) is 14.3. The van der Waals surface area contributed by atoms with Crippen molar-refractivity contribution in [1.29, 1.82) is 0 Å². The number of nitrogen functional groups attached to an aromatic ring is 1. The van der Waals surface area contributed by atoms with Crippen molar-refractivity contribution in [1.82, 2.24) is 9.71 Å². The Morgan fingerprint density at radius 3 is 2.74 bits per heavy atom. The third-order valence-electron chi connectivity index (χ3n) is 2.28. The highest BCUT2D eigenvalue weighted by Gasteiger charge is 2.17. The minimum atomic E-state index is -3.71. The van der Waals surface area contributed by atoms with E-state index < -0.39 is 10.0 Å². The molecular weight excluding hydrogens is 354 g/mol. The van der Waals surface area contributed by atoms with Crippen LogP contribution in [-0.4, -0.2) is 13.4 Å². The van der Waals surface area contributed by atoms with Gasteiger partial charge in [-0.2, -0.15) is 0 Å². The Morgan fingerprint density at radius 1 is 1.42 bits per heavy atom. The Morgan fingerprint density at radius 2 is 2.16 bits per heavy atom. The molecule has 1 aromatic heterocycles. The molecule has 0 atom stereocenters. The van der Waals surface area contributed by atoms with Crippen LogP contribution in [0.1, 0.15) is 5.69 Å². The summed E-state index contributed by atoms with van der Waals surface area (Å²) in [5.74, 6) is 0. The summed E-state index contributed by atoms with van der Waals surface area (Å²) in [6.07, 6.45) is 0. The second kappa shape index (κ2) is 5.45. The standard InChI is InChI=1S/C10H10BrN3O3S2/c11-6-1-2-9(8(12)3-6)19(16,17)13-4-7-5-18-10(15)14-7/h1-3,5,13H,4,12H2,(H,14,15). The second-order valence-electron chi connectivity index (χ2n) is 3.68. The highest BCUT2D eigenvalue weighted by molar-refractivity contribution is 9.10. The van der Waals surface area contributed by atoms with Crippen LogP contribution in [0.5, 0.6) is 0 Å². The van der Waals surface area contributed by atoms with Crippen LogP contribution in [0.15, 0.2) is 37.7 Å². The van der Waals surface area contributed by atoms with Gasteiger partial charge in [0.15, 0.2) is 0 Å². The minimum Gasteiger partial charge on any atom is -0.398 e. The van der Waals surface area contributed by atoms with Gasteiger partial charge in [-0.05, 0) is 18.2 Å². The summed E-state index contributed by atoms with van der Waals surface area (Å²) in [4.78, 5) is 13.2. The van der Waals surface area contributed by atoms with E-state index >= 15 is 0 Å². The molecule has 1 heterocycles. The number of sulfonamides is 1. The molecule has 0 aliphatic carbocycles. The van der Waals surface area contributed by atoms with E-state index in [0.717, 1.165) is 11.3 Å². The first-order valence-electron chi connectivity index (χ1n) is 5.10. The molecule has 0 spiro atoms. The molecule has 0 aliphatic heterocycles. The van der Waals surface area contributed by atoms with Crippen LogP contribution in [0.3, 0.4) is 0 Å². The molecule has 0 unspecified atom stereocenters. The van der Waals surface area contributed by atoms with Crippen molar-refractivity contribution in [3.05, 3.63) is 43.4 Å². The lowest BCUT2D eigenvalue weighted by Crippen LogP contribution is -2.24. The molecule has 0 bridgehead atoms. The van der Waals surface area contributed by atoms with Gasteiger partial charge in [0.2, 0.25) is 10.0 Å².